The zero-order valence-electron chi connectivity index (χ0n) is 10.5. The molecule has 0 aliphatic rings. The summed E-state index contributed by atoms with van der Waals surface area (Å²) in [5.41, 5.74) is 5.72. The van der Waals surface area contributed by atoms with Crippen molar-refractivity contribution in [2.75, 3.05) is 19.8 Å². The molecular weight excluding hydrogens is 206 g/mol. The van der Waals surface area contributed by atoms with Gasteiger partial charge in [-0.2, -0.15) is 0 Å². The van der Waals surface area contributed by atoms with E-state index < -0.39 is 0 Å². The molecule has 0 amide bonds. The molecule has 0 aliphatic heterocycles. The van der Waals surface area contributed by atoms with Crippen LogP contribution in [-0.4, -0.2) is 31.8 Å². The Kier molecular flexibility index (Phi) is 10.5. The van der Waals surface area contributed by atoms with Gasteiger partial charge in [0.05, 0.1) is 13.0 Å². The number of esters is 1. The minimum Gasteiger partial charge on any atom is -0.463 e. The van der Waals surface area contributed by atoms with Crippen LogP contribution in [0.25, 0.3) is 0 Å². The van der Waals surface area contributed by atoms with Crippen LogP contribution < -0.4 is 5.73 Å². The summed E-state index contributed by atoms with van der Waals surface area (Å²) in [6.07, 6.45) is 4.33. The van der Waals surface area contributed by atoms with Gasteiger partial charge in [-0.3, -0.25) is 4.79 Å². The summed E-state index contributed by atoms with van der Waals surface area (Å²) in [6, 6.07) is -0.0708. The molecule has 0 aromatic rings. The van der Waals surface area contributed by atoms with Crippen molar-refractivity contribution >= 4 is 5.97 Å². The topological polar surface area (TPSA) is 61.5 Å². The van der Waals surface area contributed by atoms with Crippen molar-refractivity contribution in [2.45, 2.75) is 52.0 Å². The summed E-state index contributed by atoms with van der Waals surface area (Å²) in [5.74, 6) is -0.222. The molecule has 4 nitrogen and oxygen atoms in total. The number of hydrogen-bond donors (Lipinski definition) is 1. The standard InChI is InChI=1S/C12H25NO3/c1-3-5-7-15-8-9-16-12(14)10-11(13)6-4-2/h11H,3-10,13H2,1-2H3. The van der Waals surface area contributed by atoms with E-state index in [4.69, 9.17) is 15.2 Å². The number of carbonyl (C=O) groups excluding carboxylic acids is 1. The molecule has 0 spiro atoms. The Morgan fingerprint density at radius 3 is 2.56 bits per heavy atom. The average Bonchev–Trinajstić information content (AvgIpc) is 2.23. The minimum atomic E-state index is -0.222. The van der Waals surface area contributed by atoms with Gasteiger partial charge in [0.25, 0.3) is 0 Å². The van der Waals surface area contributed by atoms with Crippen molar-refractivity contribution in [1.82, 2.24) is 0 Å². The van der Waals surface area contributed by atoms with E-state index >= 15 is 0 Å². The average molecular weight is 231 g/mol. The molecule has 1 atom stereocenters. The molecule has 0 bridgehead atoms. The zero-order valence-corrected chi connectivity index (χ0v) is 10.5. The maximum Gasteiger partial charge on any atom is 0.307 e. The Morgan fingerprint density at radius 1 is 1.19 bits per heavy atom. The van der Waals surface area contributed by atoms with Crippen molar-refractivity contribution in [3.05, 3.63) is 0 Å². The molecule has 0 rings (SSSR count). The third-order valence-corrected chi connectivity index (χ3v) is 2.22. The van der Waals surface area contributed by atoms with Gasteiger partial charge in [0, 0.05) is 12.6 Å². The van der Waals surface area contributed by atoms with Gasteiger partial charge in [-0.25, -0.2) is 0 Å². The van der Waals surface area contributed by atoms with E-state index in [1.165, 1.54) is 0 Å². The minimum absolute atomic E-state index is 0.0708. The van der Waals surface area contributed by atoms with Gasteiger partial charge in [-0.1, -0.05) is 26.7 Å². The molecule has 1 unspecified atom stereocenters. The first-order valence-electron chi connectivity index (χ1n) is 6.19. The molecule has 0 aromatic heterocycles. The van der Waals surface area contributed by atoms with Crippen LogP contribution in [0.2, 0.25) is 0 Å². The van der Waals surface area contributed by atoms with Crippen molar-refractivity contribution in [1.29, 1.82) is 0 Å². The summed E-state index contributed by atoms with van der Waals surface area (Å²) in [5, 5.41) is 0. The SMILES string of the molecule is CCCCOCCOC(=O)CC(N)CCC. The lowest BCUT2D eigenvalue weighted by Crippen LogP contribution is -2.25. The maximum atomic E-state index is 11.3. The highest BCUT2D eigenvalue weighted by Crippen LogP contribution is 2.00. The summed E-state index contributed by atoms with van der Waals surface area (Å²) in [7, 11) is 0. The molecule has 0 heterocycles. The molecule has 2 N–H and O–H groups in total. The number of rotatable bonds is 10. The lowest BCUT2D eigenvalue weighted by Gasteiger charge is -2.10. The molecule has 0 fully saturated rings. The van der Waals surface area contributed by atoms with Gasteiger partial charge >= 0.3 is 5.97 Å². The van der Waals surface area contributed by atoms with Gasteiger partial charge in [0.2, 0.25) is 0 Å². The van der Waals surface area contributed by atoms with Gasteiger partial charge in [0.1, 0.15) is 6.61 Å². The summed E-state index contributed by atoms with van der Waals surface area (Å²) in [4.78, 5) is 11.3. The molecule has 0 radical (unpaired) electrons. The van der Waals surface area contributed by atoms with Gasteiger partial charge in [0.15, 0.2) is 0 Å². The Labute approximate surface area is 98.5 Å². The normalized spacial score (nSPS) is 12.4. The largest absolute Gasteiger partial charge is 0.463 e. The van der Waals surface area contributed by atoms with Crippen LogP contribution in [-0.2, 0) is 14.3 Å². The second-order valence-corrected chi connectivity index (χ2v) is 3.94. The third kappa shape index (κ3) is 9.93. The molecule has 0 saturated carbocycles. The fourth-order valence-corrected chi connectivity index (χ4v) is 1.31. The highest BCUT2D eigenvalue weighted by atomic mass is 16.6. The first kappa shape index (κ1) is 15.4. The Hall–Kier alpha value is -0.610. The Balaban J connectivity index is 3.30. The first-order valence-corrected chi connectivity index (χ1v) is 6.19. The van der Waals surface area contributed by atoms with Crippen molar-refractivity contribution in [3.8, 4) is 0 Å². The monoisotopic (exact) mass is 231 g/mol. The second kappa shape index (κ2) is 10.9. The van der Waals surface area contributed by atoms with E-state index in [-0.39, 0.29) is 12.0 Å². The van der Waals surface area contributed by atoms with E-state index in [1.807, 2.05) is 6.92 Å². The van der Waals surface area contributed by atoms with Crippen LogP contribution in [0, 0.1) is 0 Å². The van der Waals surface area contributed by atoms with Gasteiger partial charge in [-0.05, 0) is 12.8 Å². The van der Waals surface area contributed by atoms with Crippen molar-refractivity contribution < 1.29 is 14.3 Å². The van der Waals surface area contributed by atoms with E-state index in [9.17, 15) is 4.79 Å². The number of ether oxygens (including phenoxy) is 2. The predicted molar refractivity (Wildman–Crippen MR) is 64.2 cm³/mol. The number of unbranched alkanes of at least 4 members (excludes halogenated alkanes) is 1. The number of carbonyl (C=O) groups is 1. The van der Waals surface area contributed by atoms with Crippen LogP contribution in [0.1, 0.15) is 46.0 Å². The maximum absolute atomic E-state index is 11.3. The summed E-state index contributed by atoms with van der Waals surface area (Å²) < 4.78 is 10.3. The molecule has 16 heavy (non-hydrogen) atoms. The zero-order chi connectivity index (χ0) is 12.2. The molecule has 0 aromatic carbocycles. The smallest absolute Gasteiger partial charge is 0.307 e. The second-order valence-electron chi connectivity index (χ2n) is 3.94. The van der Waals surface area contributed by atoms with E-state index in [2.05, 4.69) is 6.92 Å². The highest BCUT2D eigenvalue weighted by Gasteiger charge is 2.09. The van der Waals surface area contributed by atoms with Gasteiger partial charge < -0.3 is 15.2 Å². The molecule has 4 heteroatoms. The molecular formula is C12H25NO3. The molecule has 0 aliphatic carbocycles. The van der Waals surface area contributed by atoms with Crippen LogP contribution in [0.5, 0.6) is 0 Å². The number of hydrogen-bond acceptors (Lipinski definition) is 4. The Bertz CT molecular complexity index is 174. The van der Waals surface area contributed by atoms with Crippen LogP contribution >= 0.6 is 0 Å². The highest BCUT2D eigenvalue weighted by molar-refractivity contribution is 5.70. The lowest BCUT2D eigenvalue weighted by molar-refractivity contribution is -0.145. The number of nitrogens with two attached hydrogens (primary N) is 1. The molecule has 96 valence electrons. The first-order chi connectivity index (χ1) is 7.70. The van der Waals surface area contributed by atoms with E-state index in [0.29, 0.717) is 19.6 Å². The Morgan fingerprint density at radius 2 is 1.94 bits per heavy atom. The predicted octanol–water partition coefficient (Wildman–Crippen LogP) is 1.86. The van der Waals surface area contributed by atoms with Crippen LogP contribution in [0.3, 0.4) is 0 Å². The van der Waals surface area contributed by atoms with E-state index in [1.54, 1.807) is 0 Å². The third-order valence-electron chi connectivity index (χ3n) is 2.22. The van der Waals surface area contributed by atoms with Crippen LogP contribution in [0.15, 0.2) is 0 Å². The van der Waals surface area contributed by atoms with Crippen LogP contribution in [0.4, 0.5) is 0 Å². The van der Waals surface area contributed by atoms with E-state index in [0.717, 1.165) is 32.3 Å². The lowest BCUT2D eigenvalue weighted by atomic mass is 10.1. The quantitative estimate of drug-likeness (QED) is 0.460. The summed E-state index contributed by atoms with van der Waals surface area (Å²) >= 11 is 0. The van der Waals surface area contributed by atoms with Crippen molar-refractivity contribution in [3.63, 3.8) is 0 Å². The van der Waals surface area contributed by atoms with Crippen molar-refractivity contribution in [2.24, 2.45) is 5.73 Å². The fourth-order valence-electron chi connectivity index (χ4n) is 1.31. The summed E-state index contributed by atoms with van der Waals surface area (Å²) in [6.45, 7) is 5.71. The fraction of sp³-hybridized carbons (Fsp3) is 0.917. The van der Waals surface area contributed by atoms with Gasteiger partial charge in [-0.15, -0.1) is 0 Å². The molecule has 0 saturated heterocycles.